The molecule has 20 heavy (non-hydrogen) atoms. The molecule has 0 spiro atoms. The van der Waals surface area contributed by atoms with Gasteiger partial charge in [0.05, 0.1) is 0 Å². The highest BCUT2D eigenvalue weighted by molar-refractivity contribution is 8.00. The van der Waals surface area contributed by atoms with Crippen LogP contribution in [0.3, 0.4) is 0 Å². The number of hydrogen-bond acceptors (Lipinski definition) is 6. The Hall–Kier alpha value is -1.22. The number of carbonyl (C=O) groups is 1. The highest BCUT2D eigenvalue weighted by atomic mass is 32.2. The molecule has 2 rings (SSSR count). The molecule has 0 amide bonds. The van der Waals surface area contributed by atoms with Crippen molar-refractivity contribution < 1.29 is 13.6 Å². The monoisotopic (exact) mass is 327 g/mol. The molecule has 0 saturated heterocycles. The van der Waals surface area contributed by atoms with Gasteiger partial charge in [0.2, 0.25) is 0 Å². The molecule has 106 valence electrons. The average Bonchev–Trinajstić information content (AvgIpc) is 2.89. The molecule has 0 aliphatic heterocycles. The fourth-order valence-electron chi connectivity index (χ4n) is 1.54. The fraction of sp³-hybridized carbons (Fsp3) is 0.167. The third kappa shape index (κ3) is 4.14. The van der Waals surface area contributed by atoms with E-state index in [2.05, 4.69) is 9.71 Å². The van der Waals surface area contributed by atoms with Crippen molar-refractivity contribution in [2.75, 3.05) is 4.72 Å². The summed E-state index contributed by atoms with van der Waals surface area (Å²) in [5.41, 5.74) is 1.79. The molecule has 5 nitrogen and oxygen atoms in total. The summed E-state index contributed by atoms with van der Waals surface area (Å²) in [6, 6.07) is 4.91. The molecule has 1 unspecified atom stereocenters. The van der Waals surface area contributed by atoms with E-state index in [1.54, 1.807) is 24.4 Å². The van der Waals surface area contributed by atoms with E-state index in [1.807, 2.05) is 5.38 Å². The number of carbonyl (C=O) groups excluding carboxylic acids is 1. The Kier molecular flexibility index (Phi) is 5.30. The Balaban J connectivity index is 2.23. The molecule has 1 aromatic heterocycles. The molecule has 1 atom stereocenters. The van der Waals surface area contributed by atoms with Crippen LogP contribution in [0.4, 0.5) is 5.69 Å². The second-order valence-electron chi connectivity index (χ2n) is 3.85. The third-order valence-electron chi connectivity index (χ3n) is 2.47. The molecule has 0 saturated carbocycles. The van der Waals surface area contributed by atoms with Crippen LogP contribution in [0.15, 0.2) is 34.1 Å². The van der Waals surface area contributed by atoms with Gasteiger partial charge in [0.1, 0.15) is 4.34 Å². The minimum atomic E-state index is -2.39. The topological polar surface area (TPSA) is 82.1 Å². The first-order valence-corrected chi connectivity index (χ1v) is 8.52. The summed E-state index contributed by atoms with van der Waals surface area (Å²) in [7, 11) is 0. The van der Waals surface area contributed by atoms with E-state index >= 15 is 0 Å². The van der Waals surface area contributed by atoms with E-state index in [-0.39, 0.29) is 5.78 Å². The van der Waals surface area contributed by atoms with Crippen LogP contribution in [0, 0.1) is 0 Å². The van der Waals surface area contributed by atoms with Crippen LogP contribution in [-0.2, 0) is 17.0 Å². The molecule has 1 N–H and O–H groups in total. The highest BCUT2D eigenvalue weighted by Crippen LogP contribution is 2.29. The van der Waals surface area contributed by atoms with Gasteiger partial charge in [-0.05, 0) is 30.7 Å². The van der Waals surface area contributed by atoms with Crippen LogP contribution < -0.4 is 4.72 Å². The van der Waals surface area contributed by atoms with Crippen LogP contribution >= 0.6 is 23.1 Å². The van der Waals surface area contributed by atoms with Gasteiger partial charge >= 0.3 is 0 Å². The van der Waals surface area contributed by atoms with E-state index < -0.39 is 11.3 Å². The van der Waals surface area contributed by atoms with E-state index in [4.69, 9.17) is 0 Å². The van der Waals surface area contributed by atoms with Crippen molar-refractivity contribution in [3.05, 3.63) is 40.9 Å². The van der Waals surface area contributed by atoms with Crippen molar-refractivity contribution in [1.29, 1.82) is 0 Å². The minimum absolute atomic E-state index is 0.0553. The number of rotatable bonds is 6. The highest BCUT2D eigenvalue weighted by Gasteiger charge is 2.08. The molecular formula is C12H11N2O3S3-. The van der Waals surface area contributed by atoms with Crippen molar-refractivity contribution in [3.8, 4) is 0 Å². The van der Waals surface area contributed by atoms with Crippen molar-refractivity contribution >= 4 is 45.8 Å². The van der Waals surface area contributed by atoms with Crippen molar-refractivity contribution in [3.63, 3.8) is 0 Å². The van der Waals surface area contributed by atoms with Crippen LogP contribution in [0.2, 0.25) is 0 Å². The van der Waals surface area contributed by atoms with Gasteiger partial charge in [0, 0.05) is 39.8 Å². The predicted octanol–water partition coefficient (Wildman–Crippen LogP) is 2.84. The quantitative estimate of drug-likeness (QED) is 0.501. The molecule has 2 aromatic rings. The zero-order valence-corrected chi connectivity index (χ0v) is 12.9. The minimum Gasteiger partial charge on any atom is -0.755 e. The first-order chi connectivity index (χ1) is 9.56. The van der Waals surface area contributed by atoms with Gasteiger partial charge in [0.15, 0.2) is 5.78 Å². The number of thiazole rings is 1. The Labute approximate surface area is 127 Å². The van der Waals surface area contributed by atoms with Crippen molar-refractivity contribution in [1.82, 2.24) is 4.98 Å². The molecule has 1 heterocycles. The first-order valence-electron chi connectivity index (χ1n) is 5.58. The third-order valence-corrected chi connectivity index (χ3v) is 4.87. The summed E-state index contributed by atoms with van der Waals surface area (Å²) in [6.45, 7) is 1.48. The lowest BCUT2D eigenvalue weighted by Crippen LogP contribution is -2.06. The van der Waals surface area contributed by atoms with Gasteiger partial charge in [-0.1, -0.05) is 11.8 Å². The van der Waals surface area contributed by atoms with Gasteiger partial charge < -0.3 is 9.27 Å². The Morgan fingerprint density at radius 2 is 2.35 bits per heavy atom. The average molecular weight is 327 g/mol. The second-order valence-corrected chi connectivity index (χ2v) is 6.64. The summed E-state index contributed by atoms with van der Waals surface area (Å²) in [5, 5.41) is 1.88. The lowest BCUT2D eigenvalue weighted by Gasteiger charge is -2.14. The number of benzene rings is 1. The first kappa shape index (κ1) is 15.2. The number of Topliss-reactive ketones (excluding diaryl/α,β-unsaturated/α-hetero) is 1. The van der Waals surface area contributed by atoms with E-state index in [9.17, 15) is 13.6 Å². The van der Waals surface area contributed by atoms with Crippen molar-refractivity contribution in [2.45, 2.75) is 17.0 Å². The molecule has 0 bridgehead atoms. The summed E-state index contributed by atoms with van der Waals surface area (Å²) in [6.07, 6.45) is 1.71. The van der Waals surface area contributed by atoms with Gasteiger partial charge in [-0.3, -0.25) is 9.00 Å². The maximum Gasteiger partial charge on any atom is 0.159 e. The van der Waals surface area contributed by atoms with Crippen LogP contribution in [0.25, 0.3) is 0 Å². The van der Waals surface area contributed by atoms with Crippen LogP contribution in [0.5, 0.6) is 0 Å². The van der Waals surface area contributed by atoms with Gasteiger partial charge in [-0.15, -0.1) is 11.3 Å². The molecule has 8 heteroatoms. The molecule has 0 aliphatic carbocycles. The molecule has 0 radical (unpaired) electrons. The number of thioether (sulfide) groups is 1. The molecule has 0 fully saturated rings. The van der Waals surface area contributed by atoms with E-state index in [0.29, 0.717) is 17.0 Å². The largest absolute Gasteiger partial charge is 0.755 e. The standard InChI is InChI=1S/C12H12N2O3S3/c1-8(15)9-2-3-11(14-20(16)17)10(6-9)7-19-12-13-4-5-18-12/h2-6,14H,7H2,1H3,(H,16,17)/p-1. The number of nitrogens with one attached hydrogen (secondary N) is 1. The Morgan fingerprint density at radius 3 is 2.95 bits per heavy atom. The number of aromatic nitrogens is 1. The number of hydrogen-bond donors (Lipinski definition) is 1. The predicted molar refractivity (Wildman–Crippen MR) is 80.7 cm³/mol. The Morgan fingerprint density at radius 1 is 1.55 bits per heavy atom. The lowest BCUT2D eigenvalue weighted by atomic mass is 10.1. The number of ketones is 1. The fourth-order valence-corrected chi connectivity index (χ4v) is 3.55. The summed E-state index contributed by atoms with van der Waals surface area (Å²) >= 11 is 0.621. The molecule has 0 aliphatic rings. The maximum absolute atomic E-state index is 11.4. The zero-order chi connectivity index (χ0) is 14.5. The molecule has 1 aromatic carbocycles. The van der Waals surface area contributed by atoms with Gasteiger partial charge in [-0.2, -0.15) is 0 Å². The van der Waals surface area contributed by atoms with Gasteiger partial charge in [-0.25, -0.2) is 4.98 Å². The van der Waals surface area contributed by atoms with E-state index in [0.717, 1.165) is 9.90 Å². The zero-order valence-electron chi connectivity index (χ0n) is 10.5. The van der Waals surface area contributed by atoms with Crippen molar-refractivity contribution in [2.24, 2.45) is 0 Å². The lowest BCUT2D eigenvalue weighted by molar-refractivity contribution is 0.101. The maximum atomic E-state index is 11.4. The summed E-state index contributed by atoms with van der Waals surface area (Å²) in [5.74, 6) is 0.481. The smallest absolute Gasteiger partial charge is 0.159 e. The second kappa shape index (κ2) is 6.98. The normalized spacial score (nSPS) is 12.1. The van der Waals surface area contributed by atoms with Crippen LogP contribution in [-0.4, -0.2) is 19.5 Å². The number of nitrogens with zero attached hydrogens (tertiary/aromatic N) is 1. The van der Waals surface area contributed by atoms with Gasteiger partial charge in [0.25, 0.3) is 0 Å². The summed E-state index contributed by atoms with van der Waals surface area (Å²) < 4.78 is 24.8. The molecular weight excluding hydrogens is 316 g/mol. The van der Waals surface area contributed by atoms with E-state index in [1.165, 1.54) is 30.0 Å². The van der Waals surface area contributed by atoms with Crippen LogP contribution in [0.1, 0.15) is 22.8 Å². The Bertz CT molecular complexity index is 629. The number of anilines is 1. The summed E-state index contributed by atoms with van der Waals surface area (Å²) in [4.78, 5) is 15.6. The SMILES string of the molecule is CC(=O)c1ccc(NS(=O)[O-])c(CSc2nccs2)c1.